The van der Waals surface area contributed by atoms with Gasteiger partial charge in [-0.25, -0.2) is 0 Å². The summed E-state index contributed by atoms with van der Waals surface area (Å²) in [5.74, 6) is 2.61. The molecule has 0 aliphatic carbocycles. The SMILES string of the molecule is COc1ccc(-c2nc(C3CNCCN3C)no2)c(OC)c1OC. The first kappa shape index (κ1) is 16.5. The highest BCUT2D eigenvalue weighted by Gasteiger charge is 2.27. The van der Waals surface area contributed by atoms with Crippen LogP contribution in [0.4, 0.5) is 0 Å². The van der Waals surface area contributed by atoms with Gasteiger partial charge in [0.25, 0.3) is 5.89 Å². The van der Waals surface area contributed by atoms with E-state index in [0.717, 1.165) is 19.6 Å². The van der Waals surface area contributed by atoms with Gasteiger partial charge >= 0.3 is 0 Å². The summed E-state index contributed by atoms with van der Waals surface area (Å²) in [5, 5.41) is 7.49. The molecule has 1 aliphatic rings. The molecule has 1 saturated heterocycles. The van der Waals surface area contributed by atoms with Crippen LogP contribution in [0.2, 0.25) is 0 Å². The quantitative estimate of drug-likeness (QED) is 0.877. The summed E-state index contributed by atoms with van der Waals surface area (Å²) in [6, 6.07) is 3.69. The van der Waals surface area contributed by atoms with E-state index in [-0.39, 0.29) is 6.04 Å². The normalized spacial score (nSPS) is 18.4. The maximum absolute atomic E-state index is 5.48. The minimum atomic E-state index is 0.0855. The van der Waals surface area contributed by atoms with E-state index in [0.29, 0.717) is 34.5 Å². The molecule has 2 aromatic rings. The van der Waals surface area contributed by atoms with Crippen molar-refractivity contribution in [1.29, 1.82) is 0 Å². The molecular weight excluding hydrogens is 312 g/mol. The van der Waals surface area contributed by atoms with Crippen LogP contribution < -0.4 is 19.5 Å². The molecule has 0 radical (unpaired) electrons. The van der Waals surface area contributed by atoms with Gasteiger partial charge in [-0.2, -0.15) is 4.98 Å². The molecule has 1 N–H and O–H groups in total. The molecular formula is C16H22N4O4. The van der Waals surface area contributed by atoms with Gasteiger partial charge in [0.05, 0.1) is 32.9 Å². The second kappa shape index (κ2) is 7.06. The number of likely N-dealkylation sites (N-methyl/N-ethyl adjacent to an activating group) is 1. The van der Waals surface area contributed by atoms with E-state index in [1.165, 1.54) is 0 Å². The number of benzene rings is 1. The smallest absolute Gasteiger partial charge is 0.261 e. The number of methoxy groups -OCH3 is 3. The molecule has 0 amide bonds. The summed E-state index contributed by atoms with van der Waals surface area (Å²) in [7, 11) is 6.76. The standard InChI is InChI=1S/C16H22N4O4/c1-20-8-7-17-9-11(20)15-18-16(24-19-15)10-5-6-12(21-2)14(23-4)13(10)22-3/h5-6,11,17H,7-9H2,1-4H3. The van der Waals surface area contributed by atoms with Crippen molar-refractivity contribution in [1.82, 2.24) is 20.4 Å². The zero-order valence-corrected chi connectivity index (χ0v) is 14.3. The molecule has 1 aliphatic heterocycles. The van der Waals surface area contributed by atoms with Gasteiger partial charge in [-0.05, 0) is 19.2 Å². The second-order valence-corrected chi connectivity index (χ2v) is 5.54. The summed E-state index contributed by atoms with van der Waals surface area (Å²) in [5.41, 5.74) is 0.667. The summed E-state index contributed by atoms with van der Waals surface area (Å²) >= 11 is 0. The Balaban J connectivity index is 1.98. The number of hydrogen-bond acceptors (Lipinski definition) is 8. The number of piperazine rings is 1. The molecule has 0 saturated carbocycles. The van der Waals surface area contributed by atoms with E-state index in [9.17, 15) is 0 Å². The average Bonchev–Trinajstić information content (AvgIpc) is 3.10. The molecule has 1 fully saturated rings. The third-order valence-corrected chi connectivity index (χ3v) is 4.19. The molecule has 24 heavy (non-hydrogen) atoms. The van der Waals surface area contributed by atoms with E-state index in [1.807, 2.05) is 6.07 Å². The lowest BCUT2D eigenvalue weighted by atomic mass is 10.1. The molecule has 8 heteroatoms. The Morgan fingerprint density at radius 2 is 1.96 bits per heavy atom. The summed E-state index contributed by atoms with van der Waals surface area (Å²) in [6.45, 7) is 2.69. The van der Waals surface area contributed by atoms with Gasteiger partial charge in [0.2, 0.25) is 5.75 Å². The van der Waals surface area contributed by atoms with Crippen LogP contribution in [-0.4, -0.2) is 63.1 Å². The van der Waals surface area contributed by atoms with Crippen molar-refractivity contribution in [3.05, 3.63) is 18.0 Å². The van der Waals surface area contributed by atoms with E-state index in [4.69, 9.17) is 18.7 Å². The lowest BCUT2D eigenvalue weighted by Crippen LogP contribution is -2.44. The first-order valence-electron chi connectivity index (χ1n) is 7.73. The van der Waals surface area contributed by atoms with Crippen LogP contribution in [0, 0.1) is 0 Å². The van der Waals surface area contributed by atoms with E-state index < -0.39 is 0 Å². The van der Waals surface area contributed by atoms with Crippen molar-refractivity contribution in [2.24, 2.45) is 0 Å². The lowest BCUT2D eigenvalue weighted by Gasteiger charge is -2.30. The fourth-order valence-electron chi connectivity index (χ4n) is 2.84. The third-order valence-electron chi connectivity index (χ3n) is 4.19. The Kier molecular flexibility index (Phi) is 4.86. The molecule has 0 bridgehead atoms. The monoisotopic (exact) mass is 334 g/mol. The molecule has 130 valence electrons. The highest BCUT2D eigenvalue weighted by Crippen LogP contribution is 2.43. The Hall–Kier alpha value is -2.32. The van der Waals surface area contributed by atoms with Crippen molar-refractivity contribution < 1.29 is 18.7 Å². The van der Waals surface area contributed by atoms with Crippen LogP contribution in [0.15, 0.2) is 16.7 Å². The molecule has 1 unspecified atom stereocenters. The highest BCUT2D eigenvalue weighted by molar-refractivity contribution is 5.71. The number of rotatable bonds is 5. The zero-order valence-electron chi connectivity index (χ0n) is 14.3. The molecule has 0 spiro atoms. The van der Waals surface area contributed by atoms with Crippen molar-refractivity contribution in [3.8, 4) is 28.7 Å². The number of ether oxygens (including phenoxy) is 3. The maximum Gasteiger partial charge on any atom is 0.261 e. The lowest BCUT2D eigenvalue weighted by molar-refractivity contribution is 0.190. The Labute approximate surface area is 140 Å². The van der Waals surface area contributed by atoms with Crippen molar-refractivity contribution >= 4 is 0 Å². The fraction of sp³-hybridized carbons (Fsp3) is 0.500. The molecule has 2 heterocycles. The molecule has 1 aromatic carbocycles. The van der Waals surface area contributed by atoms with Gasteiger partial charge in [-0.1, -0.05) is 5.16 Å². The fourth-order valence-corrected chi connectivity index (χ4v) is 2.84. The Bertz CT molecular complexity index is 703. The van der Waals surface area contributed by atoms with E-state index >= 15 is 0 Å². The summed E-state index contributed by atoms with van der Waals surface area (Å²) in [4.78, 5) is 6.76. The van der Waals surface area contributed by atoms with Crippen LogP contribution >= 0.6 is 0 Å². The topological polar surface area (TPSA) is 81.9 Å². The predicted molar refractivity (Wildman–Crippen MR) is 87.6 cm³/mol. The van der Waals surface area contributed by atoms with Crippen molar-refractivity contribution in [2.75, 3.05) is 48.0 Å². The van der Waals surface area contributed by atoms with Crippen LogP contribution in [-0.2, 0) is 0 Å². The maximum atomic E-state index is 5.48. The van der Waals surface area contributed by atoms with Gasteiger partial charge in [0, 0.05) is 19.6 Å². The Morgan fingerprint density at radius 3 is 2.62 bits per heavy atom. The van der Waals surface area contributed by atoms with Crippen LogP contribution in [0.5, 0.6) is 17.2 Å². The number of hydrogen-bond donors (Lipinski definition) is 1. The van der Waals surface area contributed by atoms with Crippen LogP contribution in [0.25, 0.3) is 11.5 Å². The number of nitrogens with zero attached hydrogens (tertiary/aromatic N) is 3. The zero-order chi connectivity index (χ0) is 17.1. The molecule has 3 rings (SSSR count). The van der Waals surface area contributed by atoms with E-state index in [1.54, 1.807) is 27.4 Å². The van der Waals surface area contributed by atoms with Gasteiger partial charge in [0.15, 0.2) is 17.3 Å². The summed E-state index contributed by atoms with van der Waals surface area (Å²) in [6.07, 6.45) is 0. The molecule has 8 nitrogen and oxygen atoms in total. The molecule has 1 aromatic heterocycles. The number of nitrogens with one attached hydrogen (secondary N) is 1. The predicted octanol–water partition coefficient (Wildman–Crippen LogP) is 1.34. The Morgan fingerprint density at radius 1 is 1.17 bits per heavy atom. The largest absolute Gasteiger partial charge is 0.493 e. The summed E-state index contributed by atoms with van der Waals surface area (Å²) < 4.78 is 21.7. The van der Waals surface area contributed by atoms with Gasteiger partial charge in [-0.15, -0.1) is 0 Å². The average molecular weight is 334 g/mol. The number of aromatic nitrogens is 2. The van der Waals surface area contributed by atoms with Crippen molar-refractivity contribution in [3.63, 3.8) is 0 Å². The van der Waals surface area contributed by atoms with Gasteiger partial charge in [-0.3, -0.25) is 4.90 Å². The minimum absolute atomic E-state index is 0.0855. The van der Waals surface area contributed by atoms with Crippen LogP contribution in [0.3, 0.4) is 0 Å². The third kappa shape index (κ3) is 2.90. The first-order chi connectivity index (χ1) is 11.7. The van der Waals surface area contributed by atoms with Gasteiger partial charge in [0.1, 0.15) is 0 Å². The molecule has 1 atom stereocenters. The van der Waals surface area contributed by atoms with Gasteiger partial charge < -0.3 is 24.1 Å². The highest BCUT2D eigenvalue weighted by atomic mass is 16.5. The van der Waals surface area contributed by atoms with Crippen LogP contribution in [0.1, 0.15) is 11.9 Å². The second-order valence-electron chi connectivity index (χ2n) is 5.54. The first-order valence-corrected chi connectivity index (χ1v) is 7.73. The van der Waals surface area contributed by atoms with E-state index in [2.05, 4.69) is 27.4 Å². The minimum Gasteiger partial charge on any atom is -0.493 e. The van der Waals surface area contributed by atoms with Crippen molar-refractivity contribution in [2.45, 2.75) is 6.04 Å².